The number of hydrogen-bond donors (Lipinski definition) is 1. The van der Waals surface area contributed by atoms with Gasteiger partial charge in [0.2, 0.25) is 0 Å². The summed E-state index contributed by atoms with van der Waals surface area (Å²) in [5.74, 6) is 0. The third kappa shape index (κ3) is 1.96. The van der Waals surface area contributed by atoms with Gasteiger partial charge in [0.1, 0.15) is 0 Å². The summed E-state index contributed by atoms with van der Waals surface area (Å²) in [4.78, 5) is 13.3. The Bertz CT molecular complexity index is 392. The van der Waals surface area contributed by atoms with Crippen LogP contribution in [0.15, 0.2) is 24.3 Å². The van der Waals surface area contributed by atoms with Crippen LogP contribution >= 0.6 is 0 Å². The summed E-state index contributed by atoms with van der Waals surface area (Å²) >= 11 is 0. The van der Waals surface area contributed by atoms with Crippen LogP contribution in [0.4, 0.5) is 10.5 Å². The van der Waals surface area contributed by atoms with Gasteiger partial charge in [-0.1, -0.05) is 18.2 Å². The molecule has 0 bridgehead atoms. The van der Waals surface area contributed by atoms with Gasteiger partial charge in [0, 0.05) is 12.2 Å². The Morgan fingerprint density at radius 3 is 2.88 bits per heavy atom. The molecular formula is C12H16N2O2. The molecule has 1 atom stereocenters. The van der Waals surface area contributed by atoms with Gasteiger partial charge in [0.05, 0.1) is 12.6 Å². The Balaban J connectivity index is 2.21. The number of carbonyl (C=O) groups is 1. The standard InChI is InChI=1S/C12H16N2O2/c1-9(10-5-2-3-6-11(10)13)14-7-4-8-16-12(14)15/h2-3,5-6,9H,4,7-8,13H2,1H3. The number of nitrogens with zero attached hydrogens (tertiary/aromatic N) is 1. The van der Waals surface area contributed by atoms with E-state index in [1.807, 2.05) is 31.2 Å². The first-order chi connectivity index (χ1) is 7.70. The van der Waals surface area contributed by atoms with Crippen molar-refractivity contribution >= 4 is 11.8 Å². The summed E-state index contributed by atoms with van der Waals surface area (Å²) in [6.07, 6.45) is 0.630. The highest BCUT2D eigenvalue weighted by Gasteiger charge is 2.26. The van der Waals surface area contributed by atoms with E-state index in [1.54, 1.807) is 4.90 Å². The summed E-state index contributed by atoms with van der Waals surface area (Å²) < 4.78 is 5.02. The van der Waals surface area contributed by atoms with Crippen LogP contribution in [0.2, 0.25) is 0 Å². The number of anilines is 1. The van der Waals surface area contributed by atoms with Crippen molar-refractivity contribution in [3.05, 3.63) is 29.8 Å². The van der Waals surface area contributed by atoms with Crippen molar-refractivity contribution in [2.24, 2.45) is 0 Å². The second kappa shape index (κ2) is 4.43. The summed E-state index contributed by atoms with van der Waals surface area (Å²) in [7, 11) is 0. The molecule has 1 heterocycles. The number of nitrogens with two attached hydrogens (primary N) is 1. The number of para-hydroxylation sites is 1. The lowest BCUT2D eigenvalue weighted by Gasteiger charge is -2.32. The molecule has 0 aliphatic carbocycles. The zero-order chi connectivity index (χ0) is 11.5. The highest BCUT2D eigenvalue weighted by atomic mass is 16.6. The first-order valence-corrected chi connectivity index (χ1v) is 5.48. The van der Waals surface area contributed by atoms with Crippen LogP contribution in [-0.2, 0) is 4.74 Å². The molecule has 0 saturated carbocycles. The van der Waals surface area contributed by atoms with Gasteiger partial charge in [-0.25, -0.2) is 4.79 Å². The number of nitrogen functional groups attached to an aromatic ring is 1. The summed E-state index contributed by atoms with van der Waals surface area (Å²) in [5, 5.41) is 0. The van der Waals surface area contributed by atoms with Gasteiger partial charge >= 0.3 is 6.09 Å². The lowest BCUT2D eigenvalue weighted by Crippen LogP contribution is -2.39. The van der Waals surface area contributed by atoms with E-state index in [2.05, 4.69) is 0 Å². The molecule has 2 N–H and O–H groups in total. The molecule has 0 radical (unpaired) electrons. The maximum absolute atomic E-state index is 11.6. The van der Waals surface area contributed by atoms with E-state index in [0.29, 0.717) is 12.3 Å². The first-order valence-electron chi connectivity index (χ1n) is 5.48. The van der Waals surface area contributed by atoms with Gasteiger partial charge in [-0.2, -0.15) is 0 Å². The molecule has 1 aliphatic rings. The first kappa shape index (κ1) is 10.8. The van der Waals surface area contributed by atoms with Crippen LogP contribution in [0, 0.1) is 0 Å². The number of benzene rings is 1. The Morgan fingerprint density at radius 2 is 2.19 bits per heavy atom. The van der Waals surface area contributed by atoms with E-state index in [1.165, 1.54) is 0 Å². The van der Waals surface area contributed by atoms with Crippen LogP contribution in [0.5, 0.6) is 0 Å². The minimum Gasteiger partial charge on any atom is -0.449 e. The Morgan fingerprint density at radius 1 is 1.44 bits per heavy atom. The molecule has 1 fully saturated rings. The van der Waals surface area contributed by atoms with Crippen LogP contribution < -0.4 is 5.73 Å². The molecule has 1 unspecified atom stereocenters. The van der Waals surface area contributed by atoms with E-state index in [4.69, 9.17) is 10.5 Å². The van der Waals surface area contributed by atoms with Crippen molar-refractivity contribution in [1.82, 2.24) is 4.90 Å². The average molecular weight is 220 g/mol. The van der Waals surface area contributed by atoms with Crippen molar-refractivity contribution in [3.8, 4) is 0 Å². The lowest BCUT2D eigenvalue weighted by molar-refractivity contribution is 0.0581. The van der Waals surface area contributed by atoms with Gasteiger partial charge < -0.3 is 15.4 Å². The van der Waals surface area contributed by atoms with Crippen LogP contribution in [0.3, 0.4) is 0 Å². The molecule has 0 aromatic heterocycles. The molecule has 1 aromatic rings. The van der Waals surface area contributed by atoms with E-state index in [-0.39, 0.29) is 12.1 Å². The van der Waals surface area contributed by atoms with E-state index in [0.717, 1.165) is 18.5 Å². The second-order valence-electron chi connectivity index (χ2n) is 3.97. The van der Waals surface area contributed by atoms with Crippen LogP contribution in [0.25, 0.3) is 0 Å². The Hall–Kier alpha value is -1.71. The summed E-state index contributed by atoms with van der Waals surface area (Å²) in [6.45, 7) is 3.22. The van der Waals surface area contributed by atoms with Crippen molar-refractivity contribution in [2.45, 2.75) is 19.4 Å². The highest BCUT2D eigenvalue weighted by molar-refractivity contribution is 5.69. The minimum atomic E-state index is -0.248. The van der Waals surface area contributed by atoms with Gasteiger partial charge in [0.25, 0.3) is 0 Å². The number of cyclic esters (lactones) is 1. The van der Waals surface area contributed by atoms with Gasteiger partial charge in [-0.3, -0.25) is 0 Å². The molecule has 4 nitrogen and oxygen atoms in total. The minimum absolute atomic E-state index is 0.0333. The number of carbonyl (C=O) groups excluding carboxylic acids is 1. The molecule has 0 spiro atoms. The molecule has 1 aromatic carbocycles. The predicted octanol–water partition coefficient (Wildman–Crippen LogP) is 2.17. The van der Waals surface area contributed by atoms with Crippen molar-refractivity contribution in [1.29, 1.82) is 0 Å². The second-order valence-corrected chi connectivity index (χ2v) is 3.97. The smallest absolute Gasteiger partial charge is 0.410 e. The monoisotopic (exact) mass is 220 g/mol. The topological polar surface area (TPSA) is 55.6 Å². The predicted molar refractivity (Wildman–Crippen MR) is 61.9 cm³/mol. The average Bonchev–Trinajstić information content (AvgIpc) is 2.29. The van der Waals surface area contributed by atoms with E-state index >= 15 is 0 Å². The number of rotatable bonds is 2. The van der Waals surface area contributed by atoms with Gasteiger partial charge in [0.15, 0.2) is 0 Å². The zero-order valence-electron chi connectivity index (χ0n) is 9.35. The Labute approximate surface area is 95.0 Å². The molecule has 2 rings (SSSR count). The molecule has 4 heteroatoms. The van der Waals surface area contributed by atoms with Crippen molar-refractivity contribution in [2.75, 3.05) is 18.9 Å². The summed E-state index contributed by atoms with van der Waals surface area (Å²) in [5.41, 5.74) is 7.58. The molecule has 16 heavy (non-hydrogen) atoms. The maximum atomic E-state index is 11.6. The van der Waals surface area contributed by atoms with E-state index < -0.39 is 0 Å². The number of hydrogen-bond acceptors (Lipinski definition) is 3. The Kier molecular flexibility index (Phi) is 2.99. The molecular weight excluding hydrogens is 204 g/mol. The largest absolute Gasteiger partial charge is 0.449 e. The van der Waals surface area contributed by atoms with Crippen LogP contribution in [0.1, 0.15) is 24.9 Å². The molecule has 1 aliphatic heterocycles. The normalized spacial score (nSPS) is 18.1. The molecule has 1 saturated heterocycles. The summed E-state index contributed by atoms with van der Waals surface area (Å²) in [6, 6.07) is 7.58. The number of amides is 1. The zero-order valence-corrected chi connectivity index (χ0v) is 9.35. The van der Waals surface area contributed by atoms with Gasteiger partial charge in [-0.05, 0) is 25.0 Å². The third-order valence-corrected chi connectivity index (χ3v) is 2.92. The fraction of sp³-hybridized carbons (Fsp3) is 0.417. The lowest BCUT2D eigenvalue weighted by atomic mass is 10.0. The fourth-order valence-electron chi connectivity index (χ4n) is 1.98. The fourth-order valence-corrected chi connectivity index (χ4v) is 1.98. The molecule has 86 valence electrons. The maximum Gasteiger partial charge on any atom is 0.410 e. The highest BCUT2D eigenvalue weighted by Crippen LogP contribution is 2.27. The van der Waals surface area contributed by atoms with Crippen molar-refractivity contribution < 1.29 is 9.53 Å². The SMILES string of the molecule is CC(c1ccccc1N)N1CCCOC1=O. The van der Waals surface area contributed by atoms with Crippen molar-refractivity contribution in [3.63, 3.8) is 0 Å². The third-order valence-electron chi connectivity index (χ3n) is 2.92. The van der Waals surface area contributed by atoms with E-state index in [9.17, 15) is 4.79 Å². The number of ether oxygens (including phenoxy) is 1. The van der Waals surface area contributed by atoms with Crippen LogP contribution in [-0.4, -0.2) is 24.1 Å². The molecule has 1 amide bonds. The quantitative estimate of drug-likeness (QED) is 0.777. The van der Waals surface area contributed by atoms with Gasteiger partial charge in [-0.15, -0.1) is 0 Å².